The van der Waals surface area contributed by atoms with E-state index in [9.17, 15) is 0 Å². The quantitative estimate of drug-likeness (QED) is 0.652. The number of unbranched alkanes of at least 4 members (excludes halogenated alkanes) is 3. The van der Waals surface area contributed by atoms with Gasteiger partial charge >= 0.3 is 0 Å². The first-order valence-corrected chi connectivity index (χ1v) is 6.58. The number of aryl methyl sites for hydroxylation is 1. The zero-order valence-electron chi connectivity index (χ0n) is 10.7. The summed E-state index contributed by atoms with van der Waals surface area (Å²) in [5, 5.41) is 3.37. The van der Waals surface area contributed by atoms with Crippen LogP contribution in [0.3, 0.4) is 0 Å². The zero-order valence-corrected chi connectivity index (χ0v) is 10.7. The summed E-state index contributed by atoms with van der Waals surface area (Å²) in [7, 11) is 0. The first-order chi connectivity index (χ1) is 7.86. The van der Waals surface area contributed by atoms with Crippen molar-refractivity contribution in [2.75, 3.05) is 6.54 Å². The van der Waals surface area contributed by atoms with Gasteiger partial charge in [-0.3, -0.25) is 0 Å². The first-order valence-electron chi connectivity index (χ1n) is 6.58. The number of aromatic nitrogens is 2. The highest BCUT2D eigenvalue weighted by molar-refractivity contribution is 4.95. The molecule has 1 aromatic rings. The average Bonchev–Trinajstić information content (AvgIpc) is 2.73. The lowest BCUT2D eigenvalue weighted by atomic mass is 10.2. The van der Waals surface area contributed by atoms with E-state index >= 15 is 0 Å². The first kappa shape index (κ1) is 13.2. The van der Waals surface area contributed by atoms with Gasteiger partial charge in [-0.15, -0.1) is 0 Å². The zero-order chi connectivity index (χ0) is 11.6. The van der Waals surface area contributed by atoms with E-state index < -0.39 is 0 Å². The van der Waals surface area contributed by atoms with Crippen LogP contribution in [-0.2, 0) is 13.1 Å². The Kier molecular flexibility index (Phi) is 6.90. The van der Waals surface area contributed by atoms with E-state index in [2.05, 4.69) is 34.9 Å². The SMILES string of the molecule is CCCCCCn1cnc(CNCCC)c1. The second kappa shape index (κ2) is 8.34. The molecule has 0 unspecified atom stereocenters. The van der Waals surface area contributed by atoms with Gasteiger partial charge in [-0.2, -0.15) is 0 Å². The summed E-state index contributed by atoms with van der Waals surface area (Å²) >= 11 is 0. The minimum absolute atomic E-state index is 0.899. The topological polar surface area (TPSA) is 29.9 Å². The lowest BCUT2D eigenvalue weighted by Gasteiger charge is -2.01. The van der Waals surface area contributed by atoms with E-state index in [1.165, 1.54) is 32.1 Å². The molecule has 0 radical (unpaired) electrons. The highest BCUT2D eigenvalue weighted by atomic mass is 15.0. The van der Waals surface area contributed by atoms with Crippen molar-refractivity contribution in [1.82, 2.24) is 14.9 Å². The normalized spacial score (nSPS) is 10.9. The summed E-state index contributed by atoms with van der Waals surface area (Å²) in [5.74, 6) is 0. The Morgan fingerprint density at radius 3 is 2.81 bits per heavy atom. The van der Waals surface area contributed by atoms with Crippen molar-refractivity contribution in [3.63, 3.8) is 0 Å². The molecular formula is C13H25N3. The van der Waals surface area contributed by atoms with Gasteiger partial charge in [0.15, 0.2) is 0 Å². The molecule has 0 saturated heterocycles. The molecular weight excluding hydrogens is 198 g/mol. The molecule has 0 fully saturated rings. The van der Waals surface area contributed by atoms with E-state index in [-0.39, 0.29) is 0 Å². The largest absolute Gasteiger partial charge is 0.337 e. The molecule has 3 nitrogen and oxygen atoms in total. The van der Waals surface area contributed by atoms with Gasteiger partial charge in [0, 0.05) is 19.3 Å². The second-order valence-electron chi connectivity index (χ2n) is 4.34. The van der Waals surface area contributed by atoms with Crippen LogP contribution in [0, 0.1) is 0 Å². The molecule has 1 aromatic heterocycles. The molecule has 0 amide bonds. The molecule has 0 spiro atoms. The maximum atomic E-state index is 4.39. The fraction of sp³-hybridized carbons (Fsp3) is 0.769. The van der Waals surface area contributed by atoms with Gasteiger partial charge in [-0.05, 0) is 19.4 Å². The van der Waals surface area contributed by atoms with Gasteiger partial charge < -0.3 is 9.88 Å². The predicted octanol–water partition coefficient (Wildman–Crippen LogP) is 2.96. The Morgan fingerprint density at radius 2 is 2.06 bits per heavy atom. The van der Waals surface area contributed by atoms with Crippen molar-refractivity contribution >= 4 is 0 Å². The maximum Gasteiger partial charge on any atom is 0.0949 e. The molecule has 0 atom stereocenters. The number of imidazole rings is 1. The summed E-state index contributed by atoms with van der Waals surface area (Å²) in [6.07, 6.45) is 10.5. The van der Waals surface area contributed by atoms with Gasteiger partial charge in [0.05, 0.1) is 12.0 Å². The summed E-state index contributed by atoms with van der Waals surface area (Å²) < 4.78 is 2.21. The van der Waals surface area contributed by atoms with Crippen LogP contribution < -0.4 is 5.32 Å². The average molecular weight is 223 g/mol. The number of nitrogens with zero attached hydrogens (tertiary/aromatic N) is 2. The van der Waals surface area contributed by atoms with Crippen LogP contribution in [0.4, 0.5) is 0 Å². The van der Waals surface area contributed by atoms with Crippen LogP contribution in [0.1, 0.15) is 51.6 Å². The summed E-state index contributed by atoms with van der Waals surface area (Å²) in [5.41, 5.74) is 1.16. The van der Waals surface area contributed by atoms with Crippen molar-refractivity contribution in [2.45, 2.75) is 59.0 Å². The predicted molar refractivity (Wildman–Crippen MR) is 68.4 cm³/mol. The van der Waals surface area contributed by atoms with E-state index in [0.29, 0.717) is 0 Å². The van der Waals surface area contributed by atoms with Gasteiger partial charge in [0.25, 0.3) is 0 Å². The van der Waals surface area contributed by atoms with Crippen LogP contribution in [0.2, 0.25) is 0 Å². The van der Waals surface area contributed by atoms with Crippen LogP contribution in [0.15, 0.2) is 12.5 Å². The van der Waals surface area contributed by atoms with Gasteiger partial charge in [-0.1, -0.05) is 33.1 Å². The van der Waals surface area contributed by atoms with Crippen molar-refractivity contribution < 1.29 is 0 Å². The molecule has 0 bridgehead atoms. The summed E-state index contributed by atoms with van der Waals surface area (Å²) in [6, 6.07) is 0. The fourth-order valence-corrected chi connectivity index (χ4v) is 1.73. The molecule has 0 aliphatic heterocycles. The van der Waals surface area contributed by atoms with E-state index in [0.717, 1.165) is 25.3 Å². The third-order valence-electron chi connectivity index (χ3n) is 2.69. The van der Waals surface area contributed by atoms with E-state index in [1.807, 2.05) is 6.33 Å². The number of hydrogen-bond donors (Lipinski definition) is 1. The lowest BCUT2D eigenvalue weighted by molar-refractivity contribution is 0.581. The van der Waals surface area contributed by atoms with Gasteiger partial charge in [-0.25, -0.2) is 4.98 Å². The summed E-state index contributed by atoms with van der Waals surface area (Å²) in [4.78, 5) is 4.39. The number of nitrogens with one attached hydrogen (secondary N) is 1. The monoisotopic (exact) mass is 223 g/mol. The lowest BCUT2D eigenvalue weighted by Crippen LogP contribution is -2.13. The van der Waals surface area contributed by atoms with Crippen molar-refractivity contribution in [3.8, 4) is 0 Å². The molecule has 1 rings (SSSR count). The highest BCUT2D eigenvalue weighted by Gasteiger charge is 1.97. The Bertz CT molecular complexity index is 268. The maximum absolute atomic E-state index is 4.39. The minimum Gasteiger partial charge on any atom is -0.337 e. The van der Waals surface area contributed by atoms with Gasteiger partial charge in [0.2, 0.25) is 0 Å². The van der Waals surface area contributed by atoms with Crippen molar-refractivity contribution in [2.24, 2.45) is 0 Å². The third-order valence-corrected chi connectivity index (χ3v) is 2.69. The molecule has 0 aromatic carbocycles. The second-order valence-corrected chi connectivity index (χ2v) is 4.34. The Hall–Kier alpha value is -0.830. The van der Waals surface area contributed by atoms with Crippen LogP contribution in [0.25, 0.3) is 0 Å². The fourth-order valence-electron chi connectivity index (χ4n) is 1.73. The molecule has 16 heavy (non-hydrogen) atoms. The molecule has 0 aliphatic carbocycles. The molecule has 1 heterocycles. The highest BCUT2D eigenvalue weighted by Crippen LogP contribution is 2.03. The Balaban J connectivity index is 2.17. The van der Waals surface area contributed by atoms with Crippen molar-refractivity contribution in [3.05, 3.63) is 18.2 Å². The van der Waals surface area contributed by atoms with Gasteiger partial charge in [0.1, 0.15) is 0 Å². The molecule has 0 aliphatic rings. The third kappa shape index (κ3) is 5.31. The molecule has 92 valence electrons. The number of rotatable bonds is 9. The summed E-state index contributed by atoms with van der Waals surface area (Å²) in [6.45, 7) is 7.51. The van der Waals surface area contributed by atoms with Crippen LogP contribution in [-0.4, -0.2) is 16.1 Å². The molecule has 1 N–H and O–H groups in total. The smallest absolute Gasteiger partial charge is 0.0949 e. The van der Waals surface area contributed by atoms with Crippen molar-refractivity contribution in [1.29, 1.82) is 0 Å². The van der Waals surface area contributed by atoms with Crippen LogP contribution >= 0.6 is 0 Å². The van der Waals surface area contributed by atoms with E-state index in [1.54, 1.807) is 0 Å². The molecule has 0 saturated carbocycles. The van der Waals surface area contributed by atoms with E-state index in [4.69, 9.17) is 0 Å². The Morgan fingerprint density at radius 1 is 1.19 bits per heavy atom. The Labute approximate surface area is 99.3 Å². The van der Waals surface area contributed by atoms with Crippen LogP contribution in [0.5, 0.6) is 0 Å². The minimum atomic E-state index is 0.899. The number of hydrogen-bond acceptors (Lipinski definition) is 2. The standard InChI is InChI=1S/C13H25N3/c1-3-5-6-7-9-16-11-13(15-12-16)10-14-8-4-2/h11-12,14H,3-10H2,1-2H3. The molecule has 3 heteroatoms.